The van der Waals surface area contributed by atoms with E-state index in [0.29, 0.717) is 16.6 Å². The molecule has 26 heavy (non-hydrogen) atoms. The smallest absolute Gasteiger partial charge is 0.328 e. The number of rotatable bonds is 5. The molecule has 1 aromatic heterocycles. The third-order valence-electron chi connectivity index (χ3n) is 4.00. The molecule has 2 aromatic carbocycles. The summed E-state index contributed by atoms with van der Waals surface area (Å²) in [7, 11) is 1.24. The number of amides is 1. The molecule has 1 atom stereocenters. The first-order valence-corrected chi connectivity index (χ1v) is 8.05. The Labute approximate surface area is 149 Å². The second kappa shape index (κ2) is 7.74. The van der Waals surface area contributed by atoms with E-state index in [1.165, 1.54) is 19.2 Å². The molecule has 1 amide bonds. The zero-order valence-electron chi connectivity index (χ0n) is 14.1. The van der Waals surface area contributed by atoms with Gasteiger partial charge >= 0.3 is 5.97 Å². The quantitative estimate of drug-likeness (QED) is 0.717. The number of benzene rings is 2. The molecule has 0 saturated carbocycles. The molecule has 1 N–H and O–H groups in total. The largest absolute Gasteiger partial charge is 0.467 e. The van der Waals surface area contributed by atoms with Gasteiger partial charge in [0.1, 0.15) is 11.9 Å². The molecule has 6 heteroatoms. The number of hydrogen-bond acceptors (Lipinski definition) is 4. The van der Waals surface area contributed by atoms with Crippen molar-refractivity contribution in [3.8, 4) is 0 Å². The van der Waals surface area contributed by atoms with E-state index in [-0.39, 0.29) is 6.42 Å². The average Bonchev–Trinajstić information content (AvgIpc) is 2.66. The highest BCUT2D eigenvalue weighted by atomic mass is 19.1. The summed E-state index contributed by atoms with van der Waals surface area (Å²) >= 11 is 0. The first-order valence-electron chi connectivity index (χ1n) is 8.05. The Morgan fingerprint density at radius 1 is 1.15 bits per heavy atom. The Bertz CT molecular complexity index is 953. The molecule has 3 aromatic rings. The van der Waals surface area contributed by atoms with Gasteiger partial charge in [0.15, 0.2) is 0 Å². The molecule has 0 aliphatic carbocycles. The molecule has 0 radical (unpaired) electrons. The van der Waals surface area contributed by atoms with Gasteiger partial charge in [-0.05, 0) is 29.8 Å². The average molecular weight is 352 g/mol. The van der Waals surface area contributed by atoms with Crippen molar-refractivity contribution >= 4 is 22.8 Å². The van der Waals surface area contributed by atoms with Crippen LogP contribution >= 0.6 is 0 Å². The van der Waals surface area contributed by atoms with Crippen molar-refractivity contribution in [1.82, 2.24) is 10.3 Å². The van der Waals surface area contributed by atoms with Gasteiger partial charge in [-0.3, -0.25) is 9.78 Å². The molecular weight excluding hydrogens is 335 g/mol. The number of methoxy groups -OCH3 is 1. The zero-order valence-corrected chi connectivity index (χ0v) is 14.1. The van der Waals surface area contributed by atoms with Gasteiger partial charge in [-0.15, -0.1) is 0 Å². The van der Waals surface area contributed by atoms with E-state index in [0.717, 1.165) is 5.39 Å². The minimum absolute atomic E-state index is 0.119. The molecule has 132 valence electrons. The molecule has 0 aliphatic heterocycles. The first-order chi connectivity index (χ1) is 12.6. The van der Waals surface area contributed by atoms with Gasteiger partial charge in [0.25, 0.3) is 5.91 Å². The lowest BCUT2D eigenvalue weighted by atomic mass is 10.0. The number of esters is 1. The SMILES string of the molecule is COC(=O)[C@@H](Cc1cccc(F)c1)NC(=O)c1cccc2cccnc12. The molecule has 0 spiro atoms. The number of para-hydroxylation sites is 1. The number of carbonyl (C=O) groups is 2. The second-order valence-electron chi connectivity index (χ2n) is 5.76. The maximum Gasteiger partial charge on any atom is 0.328 e. The maximum atomic E-state index is 13.4. The van der Waals surface area contributed by atoms with E-state index in [4.69, 9.17) is 4.74 Å². The molecular formula is C20H17FN2O3. The van der Waals surface area contributed by atoms with E-state index < -0.39 is 23.7 Å². The number of aromatic nitrogens is 1. The van der Waals surface area contributed by atoms with Crippen LogP contribution in [0.15, 0.2) is 60.8 Å². The summed E-state index contributed by atoms with van der Waals surface area (Å²) in [5.41, 5.74) is 1.48. The Kier molecular flexibility index (Phi) is 5.22. The molecule has 0 fully saturated rings. The summed E-state index contributed by atoms with van der Waals surface area (Å²) in [6, 6.07) is 13.8. The fraction of sp³-hybridized carbons (Fsp3) is 0.150. The number of ether oxygens (including phenoxy) is 1. The Hall–Kier alpha value is -3.28. The number of pyridine rings is 1. The highest BCUT2D eigenvalue weighted by molar-refractivity contribution is 6.06. The van der Waals surface area contributed by atoms with Crippen LogP contribution < -0.4 is 5.32 Å². The number of hydrogen-bond donors (Lipinski definition) is 1. The predicted molar refractivity (Wildman–Crippen MR) is 95.1 cm³/mol. The van der Waals surface area contributed by atoms with E-state index in [1.807, 2.05) is 12.1 Å². The van der Waals surface area contributed by atoms with Crippen LogP contribution in [0.4, 0.5) is 4.39 Å². The fourth-order valence-electron chi connectivity index (χ4n) is 2.76. The summed E-state index contributed by atoms with van der Waals surface area (Å²) in [5.74, 6) is -1.45. The third kappa shape index (κ3) is 3.85. The van der Waals surface area contributed by atoms with Crippen LogP contribution in [0.2, 0.25) is 0 Å². The van der Waals surface area contributed by atoms with Gasteiger partial charge in [0.05, 0.1) is 18.2 Å². The third-order valence-corrected chi connectivity index (χ3v) is 4.00. The zero-order chi connectivity index (χ0) is 18.5. The van der Waals surface area contributed by atoms with Gasteiger partial charge < -0.3 is 10.1 Å². The highest BCUT2D eigenvalue weighted by Crippen LogP contribution is 2.16. The maximum absolute atomic E-state index is 13.4. The number of nitrogens with zero attached hydrogens (tertiary/aromatic N) is 1. The summed E-state index contributed by atoms with van der Waals surface area (Å²) < 4.78 is 18.2. The minimum atomic E-state index is -0.937. The molecule has 0 saturated heterocycles. The summed E-state index contributed by atoms with van der Waals surface area (Å²) in [5, 5.41) is 3.49. The molecule has 0 bridgehead atoms. The van der Waals surface area contributed by atoms with Crippen LogP contribution in [0.5, 0.6) is 0 Å². The van der Waals surface area contributed by atoms with Gasteiger partial charge in [-0.1, -0.05) is 30.3 Å². The van der Waals surface area contributed by atoms with Crippen LogP contribution in [0.1, 0.15) is 15.9 Å². The Morgan fingerprint density at radius 2 is 1.92 bits per heavy atom. The van der Waals surface area contributed by atoms with Gasteiger partial charge in [-0.2, -0.15) is 0 Å². The highest BCUT2D eigenvalue weighted by Gasteiger charge is 2.23. The predicted octanol–water partition coefficient (Wildman–Crippen LogP) is 2.89. The number of fused-ring (bicyclic) bond motifs is 1. The van der Waals surface area contributed by atoms with Crippen molar-refractivity contribution in [3.05, 3.63) is 77.7 Å². The van der Waals surface area contributed by atoms with E-state index in [9.17, 15) is 14.0 Å². The summed E-state index contributed by atoms with van der Waals surface area (Å²) in [4.78, 5) is 29.0. The molecule has 0 aliphatic rings. The molecule has 1 heterocycles. The number of carbonyl (C=O) groups excluding carboxylic acids is 2. The second-order valence-corrected chi connectivity index (χ2v) is 5.76. The molecule has 5 nitrogen and oxygen atoms in total. The van der Waals surface area contributed by atoms with Crippen molar-refractivity contribution < 1.29 is 18.7 Å². The normalized spacial score (nSPS) is 11.8. The summed E-state index contributed by atoms with van der Waals surface area (Å²) in [6.07, 6.45) is 1.72. The minimum Gasteiger partial charge on any atom is -0.467 e. The van der Waals surface area contributed by atoms with E-state index >= 15 is 0 Å². The lowest BCUT2D eigenvalue weighted by molar-refractivity contribution is -0.142. The molecule has 0 unspecified atom stereocenters. The van der Waals surface area contributed by atoms with Gasteiger partial charge in [0, 0.05) is 18.0 Å². The van der Waals surface area contributed by atoms with Gasteiger partial charge in [-0.25, -0.2) is 9.18 Å². The molecule has 3 rings (SSSR count). The van der Waals surface area contributed by atoms with Gasteiger partial charge in [0.2, 0.25) is 0 Å². The van der Waals surface area contributed by atoms with Crippen LogP contribution in [0.25, 0.3) is 10.9 Å². The van der Waals surface area contributed by atoms with Crippen molar-refractivity contribution in [2.24, 2.45) is 0 Å². The fourth-order valence-corrected chi connectivity index (χ4v) is 2.76. The lowest BCUT2D eigenvalue weighted by Gasteiger charge is -2.17. The van der Waals surface area contributed by atoms with Crippen LogP contribution in [0, 0.1) is 5.82 Å². The van der Waals surface area contributed by atoms with E-state index in [1.54, 1.807) is 36.5 Å². The lowest BCUT2D eigenvalue weighted by Crippen LogP contribution is -2.43. The van der Waals surface area contributed by atoms with E-state index in [2.05, 4.69) is 10.3 Å². The number of nitrogens with one attached hydrogen (secondary N) is 1. The Morgan fingerprint density at radius 3 is 2.69 bits per heavy atom. The van der Waals surface area contributed by atoms with Crippen LogP contribution in [0.3, 0.4) is 0 Å². The van der Waals surface area contributed by atoms with Crippen molar-refractivity contribution in [3.63, 3.8) is 0 Å². The number of halogens is 1. The topological polar surface area (TPSA) is 68.3 Å². The summed E-state index contributed by atoms with van der Waals surface area (Å²) in [6.45, 7) is 0. The Balaban J connectivity index is 1.86. The van der Waals surface area contributed by atoms with Crippen molar-refractivity contribution in [1.29, 1.82) is 0 Å². The first kappa shape index (κ1) is 17.5. The van der Waals surface area contributed by atoms with Crippen molar-refractivity contribution in [2.45, 2.75) is 12.5 Å². The van der Waals surface area contributed by atoms with Crippen molar-refractivity contribution in [2.75, 3.05) is 7.11 Å². The van der Waals surface area contributed by atoms with Crippen LogP contribution in [-0.4, -0.2) is 30.0 Å². The van der Waals surface area contributed by atoms with Crippen LogP contribution in [-0.2, 0) is 16.0 Å². The monoisotopic (exact) mass is 352 g/mol. The standard InChI is InChI=1S/C20H17FN2O3/c1-26-20(25)17(12-13-5-2-8-15(21)11-13)23-19(24)16-9-3-6-14-7-4-10-22-18(14)16/h2-11,17H,12H2,1H3,(H,23,24)/t17-/m1/s1.